The Hall–Kier alpha value is -1.39. The molecule has 0 radical (unpaired) electrons. The topological polar surface area (TPSA) is 45.1 Å². The second kappa shape index (κ2) is 7.75. The molecule has 1 aliphatic heterocycles. The minimum atomic E-state index is 0.447. The molecule has 1 heterocycles. The lowest BCUT2D eigenvalue weighted by atomic mass is 9.76. The zero-order valence-corrected chi connectivity index (χ0v) is 13.1. The van der Waals surface area contributed by atoms with E-state index in [1.54, 1.807) is 6.21 Å². The van der Waals surface area contributed by atoms with Crippen molar-refractivity contribution in [1.29, 1.82) is 0 Å². The molecule has 1 atom stereocenters. The number of nitrogens with zero attached hydrogens (tertiary/aromatic N) is 2. The van der Waals surface area contributed by atoms with E-state index < -0.39 is 0 Å². The van der Waals surface area contributed by atoms with E-state index in [1.165, 1.54) is 18.4 Å². The lowest BCUT2D eigenvalue weighted by Gasteiger charge is -2.41. The molecule has 1 aliphatic carbocycles. The number of hydrogen-bond acceptors (Lipinski definition) is 4. The summed E-state index contributed by atoms with van der Waals surface area (Å²) >= 11 is 0. The lowest BCUT2D eigenvalue weighted by Crippen LogP contribution is -2.42. The lowest BCUT2D eigenvalue weighted by molar-refractivity contribution is -0.00406. The van der Waals surface area contributed by atoms with Crippen LogP contribution in [0.1, 0.15) is 37.3 Å². The highest BCUT2D eigenvalue weighted by molar-refractivity contribution is 5.59. The van der Waals surface area contributed by atoms with E-state index in [9.17, 15) is 0 Å². The van der Waals surface area contributed by atoms with Crippen molar-refractivity contribution < 1.29 is 9.94 Å². The molecule has 4 heteroatoms. The second-order valence-electron chi connectivity index (χ2n) is 6.44. The van der Waals surface area contributed by atoms with Crippen LogP contribution in [0.2, 0.25) is 0 Å². The van der Waals surface area contributed by atoms with Gasteiger partial charge in [0.1, 0.15) is 0 Å². The summed E-state index contributed by atoms with van der Waals surface area (Å²) in [7, 11) is 0. The van der Waals surface area contributed by atoms with Crippen LogP contribution in [0.4, 0.5) is 0 Å². The van der Waals surface area contributed by atoms with Gasteiger partial charge in [-0.2, -0.15) is 0 Å². The Morgan fingerprint density at radius 1 is 1.09 bits per heavy atom. The van der Waals surface area contributed by atoms with E-state index in [2.05, 4.69) is 40.4 Å². The third-order valence-corrected chi connectivity index (χ3v) is 5.12. The van der Waals surface area contributed by atoms with Crippen LogP contribution in [0.5, 0.6) is 0 Å². The van der Waals surface area contributed by atoms with Crippen molar-refractivity contribution >= 4 is 6.21 Å². The van der Waals surface area contributed by atoms with Gasteiger partial charge in [0.05, 0.1) is 13.2 Å². The maximum atomic E-state index is 8.72. The molecule has 1 saturated carbocycles. The predicted octanol–water partition coefficient (Wildman–Crippen LogP) is 3.33. The van der Waals surface area contributed by atoms with Crippen molar-refractivity contribution in [2.24, 2.45) is 17.0 Å². The molecule has 22 heavy (non-hydrogen) atoms. The number of benzene rings is 1. The Morgan fingerprint density at radius 3 is 2.41 bits per heavy atom. The van der Waals surface area contributed by atoms with Gasteiger partial charge in [-0.25, -0.2) is 0 Å². The molecule has 0 amide bonds. The first-order chi connectivity index (χ1) is 10.9. The predicted molar refractivity (Wildman–Crippen MR) is 87.3 cm³/mol. The average Bonchev–Trinajstić information content (AvgIpc) is 2.59. The summed E-state index contributed by atoms with van der Waals surface area (Å²) in [5.41, 5.74) is 1.43. The molecule has 1 aromatic rings. The third-order valence-electron chi connectivity index (χ3n) is 5.12. The maximum absolute atomic E-state index is 8.72. The average molecular weight is 302 g/mol. The zero-order chi connectivity index (χ0) is 15.2. The van der Waals surface area contributed by atoms with E-state index in [0.717, 1.165) is 39.1 Å². The fraction of sp³-hybridized carbons (Fsp3) is 0.611. The summed E-state index contributed by atoms with van der Waals surface area (Å²) in [5, 5.41) is 11.9. The van der Waals surface area contributed by atoms with E-state index in [4.69, 9.17) is 9.94 Å². The van der Waals surface area contributed by atoms with E-state index in [-0.39, 0.29) is 0 Å². The molecule has 1 N–H and O–H groups in total. The molecule has 0 bridgehead atoms. The molecule has 1 saturated heterocycles. The van der Waals surface area contributed by atoms with Gasteiger partial charge in [-0.05, 0) is 43.1 Å². The molecule has 2 fully saturated rings. The van der Waals surface area contributed by atoms with Gasteiger partial charge in [-0.1, -0.05) is 30.3 Å². The monoisotopic (exact) mass is 302 g/mol. The van der Waals surface area contributed by atoms with Gasteiger partial charge >= 0.3 is 0 Å². The van der Waals surface area contributed by atoms with Crippen LogP contribution in [0.3, 0.4) is 0 Å². The summed E-state index contributed by atoms with van der Waals surface area (Å²) < 4.78 is 5.54. The third kappa shape index (κ3) is 3.68. The van der Waals surface area contributed by atoms with Gasteiger partial charge in [0.25, 0.3) is 0 Å². The highest BCUT2D eigenvalue weighted by Crippen LogP contribution is 2.40. The molecule has 3 rings (SSSR count). The van der Waals surface area contributed by atoms with Crippen molar-refractivity contribution in [3.8, 4) is 0 Å². The summed E-state index contributed by atoms with van der Waals surface area (Å²) in [4.78, 5) is 2.60. The standard InChI is InChI=1S/C18H26N2O2/c21-19-14-15-6-8-17(9-7-15)18(16-4-2-1-3-5-16)20-10-12-22-13-11-20/h1-5,14-15,17-18,21H,6-13H2. The number of oxime groups is 1. The summed E-state index contributed by atoms with van der Waals surface area (Å²) in [6.45, 7) is 3.74. The minimum Gasteiger partial charge on any atom is -0.411 e. The van der Waals surface area contributed by atoms with Crippen LogP contribution in [0.25, 0.3) is 0 Å². The fourth-order valence-corrected chi connectivity index (χ4v) is 3.99. The molecule has 1 unspecified atom stereocenters. The summed E-state index contributed by atoms with van der Waals surface area (Å²) in [6.07, 6.45) is 6.37. The maximum Gasteiger partial charge on any atom is 0.0594 e. The van der Waals surface area contributed by atoms with Crippen LogP contribution in [0, 0.1) is 11.8 Å². The van der Waals surface area contributed by atoms with Crippen LogP contribution in [-0.4, -0.2) is 42.6 Å². The van der Waals surface area contributed by atoms with Crippen molar-refractivity contribution in [1.82, 2.24) is 4.90 Å². The first-order valence-electron chi connectivity index (χ1n) is 8.43. The largest absolute Gasteiger partial charge is 0.411 e. The van der Waals surface area contributed by atoms with Crippen LogP contribution in [0.15, 0.2) is 35.5 Å². The van der Waals surface area contributed by atoms with Crippen LogP contribution in [-0.2, 0) is 4.74 Å². The highest BCUT2D eigenvalue weighted by Gasteiger charge is 2.32. The Labute approximate surface area is 132 Å². The summed E-state index contributed by atoms with van der Waals surface area (Å²) in [5.74, 6) is 1.13. The molecule has 0 spiro atoms. The Morgan fingerprint density at radius 2 is 1.77 bits per heavy atom. The number of ether oxygens (including phenoxy) is 1. The number of rotatable bonds is 4. The van der Waals surface area contributed by atoms with Crippen molar-refractivity contribution in [3.05, 3.63) is 35.9 Å². The second-order valence-corrected chi connectivity index (χ2v) is 6.44. The number of morpholine rings is 1. The Kier molecular flexibility index (Phi) is 5.46. The van der Waals surface area contributed by atoms with Crippen molar-refractivity contribution in [3.63, 3.8) is 0 Å². The van der Waals surface area contributed by atoms with Gasteiger partial charge in [0, 0.05) is 25.3 Å². The molecule has 0 aromatic heterocycles. The Bertz CT molecular complexity index is 463. The van der Waals surface area contributed by atoms with Gasteiger partial charge in [0.15, 0.2) is 0 Å². The van der Waals surface area contributed by atoms with Gasteiger partial charge < -0.3 is 9.94 Å². The van der Waals surface area contributed by atoms with Gasteiger partial charge in [-0.3, -0.25) is 4.90 Å². The highest BCUT2D eigenvalue weighted by atomic mass is 16.5. The normalized spacial score (nSPS) is 28.7. The Balaban J connectivity index is 1.74. The SMILES string of the molecule is ON=CC1CCC(C(c2ccccc2)N2CCOCC2)CC1. The van der Waals surface area contributed by atoms with Crippen LogP contribution < -0.4 is 0 Å². The minimum absolute atomic E-state index is 0.447. The van der Waals surface area contributed by atoms with E-state index >= 15 is 0 Å². The zero-order valence-electron chi connectivity index (χ0n) is 13.1. The molecule has 2 aliphatic rings. The van der Waals surface area contributed by atoms with E-state index in [1.807, 2.05) is 0 Å². The molecule has 4 nitrogen and oxygen atoms in total. The molecular formula is C18H26N2O2. The molecular weight excluding hydrogens is 276 g/mol. The molecule has 120 valence electrons. The first kappa shape index (κ1) is 15.5. The smallest absolute Gasteiger partial charge is 0.0594 e. The fourth-order valence-electron chi connectivity index (χ4n) is 3.99. The van der Waals surface area contributed by atoms with Gasteiger partial charge in [-0.15, -0.1) is 5.16 Å². The molecule has 1 aromatic carbocycles. The van der Waals surface area contributed by atoms with Crippen molar-refractivity contribution in [2.75, 3.05) is 26.3 Å². The number of hydrogen-bond donors (Lipinski definition) is 1. The van der Waals surface area contributed by atoms with Gasteiger partial charge in [0.2, 0.25) is 0 Å². The summed E-state index contributed by atoms with van der Waals surface area (Å²) in [6, 6.07) is 11.4. The van der Waals surface area contributed by atoms with E-state index in [0.29, 0.717) is 17.9 Å². The van der Waals surface area contributed by atoms with Crippen LogP contribution >= 0.6 is 0 Å². The van der Waals surface area contributed by atoms with Crippen molar-refractivity contribution in [2.45, 2.75) is 31.7 Å². The quantitative estimate of drug-likeness (QED) is 0.527. The first-order valence-corrected chi connectivity index (χ1v) is 8.43.